The summed E-state index contributed by atoms with van der Waals surface area (Å²) >= 11 is 0. The first-order chi connectivity index (χ1) is 24.7. The van der Waals surface area contributed by atoms with Gasteiger partial charge in [0.05, 0.1) is 23.9 Å². The molecule has 6 heterocycles. The van der Waals surface area contributed by atoms with Gasteiger partial charge in [0.25, 0.3) is 0 Å². The lowest BCUT2D eigenvalue weighted by molar-refractivity contribution is -0.378. The predicted molar refractivity (Wildman–Crippen MR) is 164 cm³/mol. The SMILES string of the molecule is O=C([O-])C(=O)[O-].O=C([O-])C(=O)[O-].[O-][B][O-].c1cc[nH+]cc1.c1cc[nH+]cc1.c1cc[nH+]cc1.c1cc[nH+]cc1.c1cc[nH+]cc1.c1cc[nH+]cc1. The molecule has 6 N–H and O–H groups in total. The summed E-state index contributed by atoms with van der Waals surface area (Å²) in [5.41, 5.74) is 0. The van der Waals surface area contributed by atoms with E-state index in [4.69, 9.17) is 49.7 Å². The normalized spacial score (nSPS) is 7.65. The van der Waals surface area contributed by atoms with E-state index in [1.807, 2.05) is 184 Å². The second-order valence-corrected chi connectivity index (χ2v) is 7.71. The molecule has 0 aliphatic rings. The Bertz CT molecular complexity index is 1090. The summed E-state index contributed by atoms with van der Waals surface area (Å²) in [5.74, 6) is -8.74. The van der Waals surface area contributed by atoms with E-state index in [1.54, 1.807) is 0 Å². The molecular formula is C34H36BN6O10. The van der Waals surface area contributed by atoms with Crippen LogP contribution in [0.15, 0.2) is 184 Å². The Morgan fingerprint density at radius 3 is 0.392 bits per heavy atom. The average Bonchev–Trinajstić information content (AvgIpc) is 3.21. The highest BCUT2D eigenvalue weighted by Crippen LogP contribution is 1.71. The number of carbonyl (C=O) groups is 4. The highest BCUT2D eigenvalue weighted by atomic mass is 16.4. The third kappa shape index (κ3) is 52.6. The number of pyridine rings is 6. The van der Waals surface area contributed by atoms with Crippen LogP contribution in [0.25, 0.3) is 0 Å². The molecule has 0 spiro atoms. The maximum absolute atomic E-state index is 8.93. The van der Waals surface area contributed by atoms with E-state index in [0.717, 1.165) is 0 Å². The van der Waals surface area contributed by atoms with Crippen LogP contribution in [0.2, 0.25) is 0 Å². The zero-order chi connectivity index (χ0) is 38.5. The molecule has 6 aromatic heterocycles. The van der Waals surface area contributed by atoms with Crippen LogP contribution in [0.1, 0.15) is 0 Å². The Kier molecular flexibility index (Phi) is 40.4. The lowest BCUT2D eigenvalue weighted by Crippen LogP contribution is -2.42. The van der Waals surface area contributed by atoms with Crippen LogP contribution in [0.4, 0.5) is 0 Å². The minimum Gasteiger partial charge on any atom is -0.900 e. The number of carboxylic acid groups (broad SMARTS) is 4. The van der Waals surface area contributed by atoms with Crippen LogP contribution in [0, 0.1) is 0 Å². The minimum absolute atomic E-state index is 0.500. The molecule has 0 saturated carbocycles. The highest BCUT2D eigenvalue weighted by Gasteiger charge is 1.75. The van der Waals surface area contributed by atoms with Gasteiger partial charge in [0.1, 0.15) is 0 Å². The Morgan fingerprint density at radius 2 is 0.373 bits per heavy atom. The molecule has 0 bridgehead atoms. The molecule has 0 fully saturated rings. The van der Waals surface area contributed by atoms with Crippen molar-refractivity contribution in [1.82, 2.24) is 0 Å². The van der Waals surface area contributed by atoms with Crippen LogP contribution in [0.3, 0.4) is 0 Å². The van der Waals surface area contributed by atoms with Crippen LogP contribution in [-0.2, 0) is 19.2 Å². The number of carboxylic acids is 4. The first-order valence-electron chi connectivity index (χ1n) is 14.1. The third-order valence-electron chi connectivity index (χ3n) is 3.98. The maximum Gasteiger partial charge on any atom is 0.166 e. The van der Waals surface area contributed by atoms with Crippen molar-refractivity contribution in [3.63, 3.8) is 0 Å². The zero-order valence-corrected chi connectivity index (χ0v) is 27.0. The van der Waals surface area contributed by atoms with Gasteiger partial charge in [-0.05, 0) is 0 Å². The largest absolute Gasteiger partial charge is 0.900 e. The number of rotatable bonds is 0. The van der Waals surface area contributed by atoms with Gasteiger partial charge in [-0.2, -0.15) is 0 Å². The summed E-state index contributed by atoms with van der Waals surface area (Å²) in [6.45, 7) is 0. The molecule has 51 heavy (non-hydrogen) atoms. The monoisotopic (exact) mass is 699 g/mol. The molecule has 0 amide bonds. The second kappa shape index (κ2) is 42.8. The van der Waals surface area contributed by atoms with Gasteiger partial charge in [-0.25, -0.2) is 37.6 Å². The predicted octanol–water partition coefficient (Wildman–Crippen LogP) is -6.78. The van der Waals surface area contributed by atoms with Crippen LogP contribution < -0.4 is 60.4 Å². The van der Waals surface area contributed by atoms with Gasteiger partial charge in [-0.3, -0.25) is 0 Å². The van der Waals surface area contributed by atoms with Crippen LogP contribution in [0.5, 0.6) is 0 Å². The fourth-order valence-corrected chi connectivity index (χ4v) is 2.05. The van der Waals surface area contributed by atoms with Crippen molar-refractivity contribution in [3.05, 3.63) is 184 Å². The smallest absolute Gasteiger partial charge is 0.166 e. The van der Waals surface area contributed by atoms with E-state index < -0.39 is 31.6 Å². The lowest BCUT2D eigenvalue weighted by Gasteiger charge is -2.01. The molecule has 0 aliphatic carbocycles. The summed E-state index contributed by atoms with van der Waals surface area (Å²) in [4.78, 5) is 53.1. The number of aliphatic carboxylic acids is 4. The average molecular weight is 700 g/mol. The molecule has 0 unspecified atom stereocenters. The molecule has 17 heteroatoms. The number of H-pyrrole nitrogens is 6. The van der Waals surface area contributed by atoms with Gasteiger partial charge in [-0.15, -0.1) is 0 Å². The molecule has 0 aromatic carbocycles. The molecule has 6 rings (SSSR count). The first kappa shape index (κ1) is 48.2. The summed E-state index contributed by atoms with van der Waals surface area (Å²) in [5, 5.41) is 52.2. The van der Waals surface area contributed by atoms with Crippen molar-refractivity contribution in [3.8, 4) is 0 Å². The van der Waals surface area contributed by atoms with Gasteiger partial charge in [0, 0.05) is 72.8 Å². The van der Waals surface area contributed by atoms with Crippen LogP contribution in [-0.4, -0.2) is 31.6 Å². The fourth-order valence-electron chi connectivity index (χ4n) is 2.05. The molecule has 265 valence electrons. The number of aromatic nitrogens is 6. The Hall–Kier alpha value is -7.24. The van der Waals surface area contributed by atoms with Crippen molar-refractivity contribution >= 4 is 31.6 Å². The molecule has 6 aromatic rings. The molecule has 0 saturated heterocycles. The van der Waals surface area contributed by atoms with Gasteiger partial charge in [0.15, 0.2) is 74.4 Å². The van der Waals surface area contributed by atoms with Gasteiger partial charge in [-0.1, -0.05) is 36.4 Å². The summed E-state index contributed by atoms with van der Waals surface area (Å²) in [6.07, 6.45) is 22.5. The topological polar surface area (TPSA) is 291 Å². The van der Waals surface area contributed by atoms with Crippen molar-refractivity contribution in [2.45, 2.75) is 0 Å². The van der Waals surface area contributed by atoms with Crippen molar-refractivity contribution in [2.75, 3.05) is 0 Å². The van der Waals surface area contributed by atoms with Crippen LogP contribution >= 0.6 is 0 Å². The quantitative estimate of drug-likeness (QED) is 0.107. The maximum atomic E-state index is 8.93. The van der Waals surface area contributed by atoms with Gasteiger partial charge >= 0.3 is 0 Å². The highest BCUT2D eigenvalue weighted by molar-refractivity contribution is 6.25. The summed E-state index contributed by atoms with van der Waals surface area (Å²) < 4.78 is 0. The van der Waals surface area contributed by atoms with E-state index in [2.05, 4.69) is 29.9 Å². The van der Waals surface area contributed by atoms with Gasteiger partial charge in [0.2, 0.25) is 0 Å². The van der Waals surface area contributed by atoms with Crippen molar-refractivity contribution < 1.29 is 79.6 Å². The minimum atomic E-state index is -2.19. The van der Waals surface area contributed by atoms with E-state index in [-0.39, 0.29) is 0 Å². The molecule has 0 atom stereocenters. The number of nitrogens with one attached hydrogen (secondary N) is 6. The van der Waals surface area contributed by atoms with E-state index in [9.17, 15) is 0 Å². The molecule has 1 radical (unpaired) electrons. The Labute approximate surface area is 294 Å². The van der Waals surface area contributed by atoms with E-state index >= 15 is 0 Å². The second-order valence-electron chi connectivity index (χ2n) is 7.71. The Morgan fingerprint density at radius 1 is 0.275 bits per heavy atom. The van der Waals surface area contributed by atoms with Crippen molar-refractivity contribution in [2.24, 2.45) is 0 Å². The van der Waals surface area contributed by atoms with E-state index in [1.165, 1.54) is 0 Å². The summed E-state index contributed by atoms with van der Waals surface area (Å²) in [6, 6.07) is 35.1. The fraction of sp³-hybridized carbons (Fsp3) is 0. The zero-order valence-electron chi connectivity index (χ0n) is 27.0. The third-order valence-corrected chi connectivity index (χ3v) is 3.98. The number of aromatic amines is 6. The molecule has 0 aliphatic heterocycles. The Balaban J connectivity index is -0.000000511. The number of hydrogen-bond acceptors (Lipinski definition) is 10. The summed E-state index contributed by atoms with van der Waals surface area (Å²) in [7, 11) is -0.500. The van der Waals surface area contributed by atoms with Gasteiger partial charge < -0.3 is 49.7 Å². The first-order valence-corrected chi connectivity index (χ1v) is 14.1. The standard InChI is InChI=1S/6C5H5N.2C2H2O4.BO2/c6*1-2-4-6-5-3-1;2*3-1(4)2(5)6;2-1-3/h6*1-5H;2*(H,3,4)(H,5,6);/q;;;;;;;;-2/p+2. The number of hydrogen-bond donors (Lipinski definition) is 0. The number of carbonyl (C=O) groups excluding carboxylic acids is 4. The van der Waals surface area contributed by atoms with Crippen molar-refractivity contribution in [1.29, 1.82) is 0 Å². The van der Waals surface area contributed by atoms with E-state index in [0.29, 0.717) is 0 Å². The molecular weight excluding hydrogens is 663 g/mol. The lowest BCUT2D eigenvalue weighted by atomic mass is 10.5. The molecule has 16 nitrogen and oxygen atoms in total.